The second kappa shape index (κ2) is 6.82. The molecule has 1 aromatic heterocycles. The van der Waals surface area contributed by atoms with Gasteiger partial charge >= 0.3 is 0 Å². The Morgan fingerprint density at radius 1 is 0.786 bits per heavy atom. The predicted octanol–water partition coefficient (Wildman–Crippen LogP) is 4.99. The molecule has 4 aromatic rings. The monoisotopic (exact) mass is 372 g/mol. The van der Waals surface area contributed by atoms with Crippen molar-refractivity contribution in [2.45, 2.75) is 6.92 Å². The molecule has 0 bridgehead atoms. The van der Waals surface area contributed by atoms with E-state index in [9.17, 15) is 5.26 Å². The van der Waals surface area contributed by atoms with Crippen molar-refractivity contribution in [1.82, 2.24) is 4.57 Å². The molecule has 0 amide bonds. The highest BCUT2D eigenvalue weighted by atomic mass is 16.5. The minimum absolute atomic E-state index is 0.571. The summed E-state index contributed by atoms with van der Waals surface area (Å²) in [5.41, 5.74) is 4.49. The first-order valence-electron chi connectivity index (χ1n) is 8.86. The lowest BCUT2D eigenvalue weighted by molar-refractivity contribution is 0.413. The second-order valence-corrected chi connectivity index (χ2v) is 6.56. The molecule has 5 nitrogen and oxygen atoms in total. The summed E-state index contributed by atoms with van der Waals surface area (Å²) in [6.45, 7) is 1.99. The molecule has 0 fully saturated rings. The minimum Gasteiger partial charge on any atom is -0.497 e. The third-order valence-corrected chi connectivity index (χ3v) is 5.02. The first-order valence-corrected chi connectivity index (χ1v) is 8.86. The van der Waals surface area contributed by atoms with Crippen LogP contribution in [0.1, 0.15) is 11.1 Å². The predicted molar refractivity (Wildman–Crippen MR) is 110 cm³/mol. The number of aromatic nitrogens is 1. The van der Waals surface area contributed by atoms with E-state index in [4.69, 9.17) is 14.2 Å². The number of rotatable bonds is 4. The zero-order valence-electron chi connectivity index (χ0n) is 16.2. The number of methoxy groups -OCH3 is 3. The average molecular weight is 372 g/mol. The van der Waals surface area contributed by atoms with Crippen LogP contribution in [0.3, 0.4) is 0 Å². The van der Waals surface area contributed by atoms with Gasteiger partial charge in [0.2, 0.25) is 0 Å². The molecule has 0 spiro atoms. The molecule has 0 aliphatic heterocycles. The number of ether oxygens (including phenoxy) is 3. The Labute approximate surface area is 163 Å². The Bertz CT molecular complexity index is 1190. The van der Waals surface area contributed by atoms with Gasteiger partial charge in [0, 0.05) is 16.8 Å². The summed E-state index contributed by atoms with van der Waals surface area (Å²) in [6, 6.07) is 17.9. The van der Waals surface area contributed by atoms with E-state index in [1.54, 1.807) is 27.4 Å². The fraction of sp³-hybridized carbons (Fsp3) is 0.174. The summed E-state index contributed by atoms with van der Waals surface area (Å²) in [6.07, 6.45) is 0. The van der Waals surface area contributed by atoms with Crippen molar-refractivity contribution in [3.63, 3.8) is 0 Å². The average Bonchev–Trinajstić information content (AvgIpc) is 3.05. The third kappa shape index (κ3) is 2.62. The lowest BCUT2D eigenvalue weighted by Crippen LogP contribution is -2.01. The highest BCUT2D eigenvalue weighted by Crippen LogP contribution is 2.39. The van der Waals surface area contributed by atoms with Gasteiger partial charge in [0.1, 0.15) is 17.2 Å². The molecule has 0 aliphatic carbocycles. The van der Waals surface area contributed by atoms with Gasteiger partial charge in [-0.25, -0.2) is 0 Å². The van der Waals surface area contributed by atoms with Crippen LogP contribution < -0.4 is 14.2 Å². The van der Waals surface area contributed by atoms with Crippen molar-refractivity contribution >= 4 is 21.8 Å². The molecule has 140 valence electrons. The molecular formula is C23H20N2O3. The van der Waals surface area contributed by atoms with E-state index in [1.165, 1.54) is 0 Å². The molecule has 4 rings (SSSR count). The highest BCUT2D eigenvalue weighted by molar-refractivity contribution is 6.10. The zero-order chi connectivity index (χ0) is 19.8. The minimum atomic E-state index is 0.571. The number of aryl methyl sites for hydroxylation is 1. The number of hydrogen-bond acceptors (Lipinski definition) is 4. The summed E-state index contributed by atoms with van der Waals surface area (Å²) < 4.78 is 18.7. The van der Waals surface area contributed by atoms with Crippen LogP contribution in [0.5, 0.6) is 17.2 Å². The van der Waals surface area contributed by atoms with Crippen molar-refractivity contribution in [3.05, 3.63) is 59.7 Å². The summed E-state index contributed by atoms with van der Waals surface area (Å²) in [7, 11) is 4.95. The normalized spacial score (nSPS) is 10.8. The van der Waals surface area contributed by atoms with Crippen LogP contribution in [0.4, 0.5) is 0 Å². The second-order valence-electron chi connectivity index (χ2n) is 6.56. The molecule has 0 aliphatic rings. The zero-order valence-corrected chi connectivity index (χ0v) is 16.2. The van der Waals surface area contributed by atoms with Crippen LogP contribution in [-0.2, 0) is 0 Å². The van der Waals surface area contributed by atoms with Gasteiger partial charge in [0.15, 0.2) is 0 Å². The van der Waals surface area contributed by atoms with Crippen molar-refractivity contribution in [2.75, 3.05) is 21.3 Å². The number of benzene rings is 3. The summed E-state index contributed by atoms with van der Waals surface area (Å²) in [5.74, 6) is 2.23. The first-order chi connectivity index (χ1) is 13.6. The smallest absolute Gasteiger partial charge is 0.144 e. The molecule has 0 atom stereocenters. The number of nitrogens with zero attached hydrogens (tertiary/aromatic N) is 2. The van der Waals surface area contributed by atoms with E-state index >= 15 is 0 Å². The van der Waals surface area contributed by atoms with Gasteiger partial charge in [-0.3, -0.25) is 0 Å². The SMILES string of the molecule is COc1ccc2c(c1)c1cc(OC)ccc1n2-c1c(C)cc(C#N)cc1OC. The first kappa shape index (κ1) is 17.7. The van der Waals surface area contributed by atoms with Crippen molar-refractivity contribution in [2.24, 2.45) is 0 Å². The highest BCUT2D eigenvalue weighted by Gasteiger charge is 2.19. The van der Waals surface area contributed by atoms with Gasteiger partial charge in [-0.2, -0.15) is 5.26 Å². The summed E-state index contributed by atoms with van der Waals surface area (Å²) in [5, 5.41) is 11.4. The fourth-order valence-electron chi connectivity index (χ4n) is 3.73. The Morgan fingerprint density at radius 3 is 1.82 bits per heavy atom. The van der Waals surface area contributed by atoms with Gasteiger partial charge in [-0.05, 0) is 55.0 Å². The van der Waals surface area contributed by atoms with Gasteiger partial charge < -0.3 is 18.8 Å². The van der Waals surface area contributed by atoms with E-state index in [1.807, 2.05) is 49.4 Å². The maximum atomic E-state index is 9.32. The molecule has 3 aromatic carbocycles. The van der Waals surface area contributed by atoms with Crippen molar-refractivity contribution < 1.29 is 14.2 Å². The molecule has 0 saturated carbocycles. The van der Waals surface area contributed by atoms with Crippen LogP contribution in [0.15, 0.2) is 48.5 Å². The Kier molecular flexibility index (Phi) is 4.32. The molecular weight excluding hydrogens is 352 g/mol. The molecule has 0 N–H and O–H groups in total. The lowest BCUT2D eigenvalue weighted by Gasteiger charge is -2.16. The topological polar surface area (TPSA) is 56.4 Å². The summed E-state index contributed by atoms with van der Waals surface area (Å²) in [4.78, 5) is 0. The van der Waals surface area contributed by atoms with E-state index < -0.39 is 0 Å². The van der Waals surface area contributed by atoms with E-state index in [0.29, 0.717) is 11.3 Å². The van der Waals surface area contributed by atoms with Crippen LogP contribution in [-0.4, -0.2) is 25.9 Å². The summed E-state index contributed by atoms with van der Waals surface area (Å²) >= 11 is 0. The Morgan fingerprint density at radius 2 is 1.36 bits per heavy atom. The molecule has 0 saturated heterocycles. The fourth-order valence-corrected chi connectivity index (χ4v) is 3.73. The quantitative estimate of drug-likeness (QED) is 0.506. The van der Waals surface area contributed by atoms with Gasteiger partial charge in [-0.15, -0.1) is 0 Å². The van der Waals surface area contributed by atoms with E-state index in [-0.39, 0.29) is 0 Å². The maximum Gasteiger partial charge on any atom is 0.144 e. The molecule has 0 unspecified atom stereocenters. The number of nitriles is 1. The number of hydrogen-bond donors (Lipinski definition) is 0. The van der Waals surface area contributed by atoms with E-state index in [2.05, 4.69) is 10.6 Å². The molecule has 0 radical (unpaired) electrons. The van der Waals surface area contributed by atoms with Crippen LogP contribution in [0.25, 0.3) is 27.5 Å². The lowest BCUT2D eigenvalue weighted by atomic mass is 10.1. The van der Waals surface area contributed by atoms with Crippen molar-refractivity contribution in [3.8, 4) is 29.0 Å². The standard InChI is InChI=1S/C23H20N2O3/c1-14-9-15(13-24)10-22(28-4)23(14)25-20-7-5-16(26-2)11-18(20)19-12-17(27-3)6-8-21(19)25/h5-12H,1-4H3. The molecule has 28 heavy (non-hydrogen) atoms. The Hall–Kier alpha value is -3.65. The Balaban J connectivity index is 2.17. The van der Waals surface area contributed by atoms with Gasteiger partial charge in [-0.1, -0.05) is 0 Å². The van der Waals surface area contributed by atoms with Crippen LogP contribution in [0, 0.1) is 18.3 Å². The largest absolute Gasteiger partial charge is 0.497 e. The third-order valence-electron chi connectivity index (χ3n) is 5.02. The number of fused-ring (bicyclic) bond motifs is 3. The van der Waals surface area contributed by atoms with Crippen molar-refractivity contribution in [1.29, 1.82) is 5.26 Å². The molecule has 1 heterocycles. The van der Waals surface area contributed by atoms with Crippen LogP contribution in [0.2, 0.25) is 0 Å². The van der Waals surface area contributed by atoms with Gasteiger partial charge in [0.05, 0.1) is 49.7 Å². The van der Waals surface area contributed by atoms with Crippen LogP contribution >= 0.6 is 0 Å². The molecule has 5 heteroatoms. The maximum absolute atomic E-state index is 9.32. The van der Waals surface area contributed by atoms with Gasteiger partial charge in [0.25, 0.3) is 0 Å². The van der Waals surface area contributed by atoms with E-state index in [0.717, 1.165) is 44.6 Å².